The van der Waals surface area contributed by atoms with Crippen LogP contribution in [0.25, 0.3) is 0 Å². The van der Waals surface area contributed by atoms with Crippen molar-refractivity contribution in [1.29, 1.82) is 0 Å². The number of nitrogens with one attached hydrogen (secondary N) is 1. The van der Waals surface area contributed by atoms with Crippen LogP contribution in [-0.4, -0.2) is 34.0 Å². The first-order valence-corrected chi connectivity index (χ1v) is 7.73. The van der Waals surface area contributed by atoms with Gasteiger partial charge in [-0.1, -0.05) is 12.1 Å². The summed E-state index contributed by atoms with van der Waals surface area (Å²) in [7, 11) is 0. The molecule has 0 bridgehead atoms. The number of rotatable bonds is 2. The standard InChI is InChI=1S/C17H19FN4O/c1-12-19-9-6-16(20-12)21-17(23)22-10-7-14(8-11-22)13-2-4-15(18)5-3-13/h2-6,9,14H,7-8,10-11H2,1H3,(H,19,20,21,23). The third-order valence-electron chi connectivity index (χ3n) is 4.13. The molecule has 1 aromatic carbocycles. The van der Waals surface area contributed by atoms with Gasteiger partial charge in [0.2, 0.25) is 0 Å². The predicted molar refractivity (Wildman–Crippen MR) is 85.7 cm³/mol. The van der Waals surface area contributed by atoms with Crippen LogP contribution in [0, 0.1) is 12.7 Å². The second-order valence-electron chi connectivity index (χ2n) is 5.73. The average Bonchev–Trinajstić information content (AvgIpc) is 2.56. The van der Waals surface area contributed by atoms with Gasteiger partial charge in [-0.05, 0) is 49.4 Å². The van der Waals surface area contributed by atoms with Crippen molar-refractivity contribution >= 4 is 11.8 Å². The first-order chi connectivity index (χ1) is 11.1. The highest BCUT2D eigenvalue weighted by Crippen LogP contribution is 2.28. The van der Waals surface area contributed by atoms with E-state index in [4.69, 9.17) is 0 Å². The Morgan fingerprint density at radius 2 is 1.91 bits per heavy atom. The van der Waals surface area contributed by atoms with E-state index in [1.807, 2.05) is 12.1 Å². The molecule has 0 spiro atoms. The molecule has 6 heteroatoms. The van der Waals surface area contributed by atoms with E-state index < -0.39 is 0 Å². The third kappa shape index (κ3) is 3.83. The van der Waals surface area contributed by atoms with E-state index in [-0.39, 0.29) is 11.8 Å². The number of hydrogen-bond donors (Lipinski definition) is 1. The van der Waals surface area contributed by atoms with Gasteiger partial charge in [-0.2, -0.15) is 0 Å². The molecule has 23 heavy (non-hydrogen) atoms. The molecular weight excluding hydrogens is 295 g/mol. The minimum absolute atomic E-state index is 0.138. The molecular formula is C17H19FN4O. The maximum absolute atomic E-state index is 13.0. The highest BCUT2D eigenvalue weighted by Gasteiger charge is 2.24. The topological polar surface area (TPSA) is 58.1 Å². The molecule has 1 aliphatic heterocycles. The summed E-state index contributed by atoms with van der Waals surface area (Å²) in [5.41, 5.74) is 1.14. The first kappa shape index (κ1) is 15.4. The quantitative estimate of drug-likeness (QED) is 0.925. The zero-order chi connectivity index (χ0) is 16.2. The number of aromatic nitrogens is 2. The first-order valence-electron chi connectivity index (χ1n) is 7.73. The zero-order valence-electron chi connectivity index (χ0n) is 13.0. The van der Waals surface area contributed by atoms with Crippen LogP contribution < -0.4 is 5.32 Å². The van der Waals surface area contributed by atoms with Crippen molar-refractivity contribution in [2.24, 2.45) is 0 Å². The van der Waals surface area contributed by atoms with E-state index >= 15 is 0 Å². The molecule has 0 saturated carbocycles. The van der Waals surface area contributed by atoms with E-state index in [1.54, 1.807) is 24.1 Å². The minimum Gasteiger partial charge on any atom is -0.324 e. The van der Waals surface area contributed by atoms with Gasteiger partial charge in [0.1, 0.15) is 17.5 Å². The predicted octanol–water partition coefficient (Wildman–Crippen LogP) is 3.34. The number of amides is 2. The monoisotopic (exact) mass is 314 g/mol. The van der Waals surface area contributed by atoms with Crippen LogP contribution in [0.1, 0.15) is 30.1 Å². The SMILES string of the molecule is Cc1nccc(NC(=O)N2CCC(c3ccc(F)cc3)CC2)n1. The van der Waals surface area contributed by atoms with Crippen LogP contribution in [-0.2, 0) is 0 Å². The summed E-state index contributed by atoms with van der Waals surface area (Å²) in [6, 6.07) is 8.19. The van der Waals surface area contributed by atoms with Gasteiger partial charge in [0, 0.05) is 19.3 Å². The lowest BCUT2D eigenvalue weighted by Gasteiger charge is -2.32. The lowest BCUT2D eigenvalue weighted by Crippen LogP contribution is -2.40. The molecule has 0 radical (unpaired) electrons. The van der Waals surface area contributed by atoms with Crippen molar-refractivity contribution in [3.05, 3.63) is 53.7 Å². The van der Waals surface area contributed by atoms with Crippen molar-refractivity contribution in [2.75, 3.05) is 18.4 Å². The number of carbonyl (C=O) groups excluding carboxylic acids is 1. The maximum atomic E-state index is 13.0. The lowest BCUT2D eigenvalue weighted by atomic mass is 9.89. The second-order valence-corrected chi connectivity index (χ2v) is 5.73. The molecule has 1 fully saturated rings. The van der Waals surface area contributed by atoms with Gasteiger partial charge in [-0.15, -0.1) is 0 Å². The highest BCUT2D eigenvalue weighted by atomic mass is 19.1. The Bertz CT molecular complexity index is 681. The molecule has 1 saturated heterocycles. The Kier molecular flexibility index (Phi) is 4.50. The van der Waals surface area contributed by atoms with E-state index in [9.17, 15) is 9.18 Å². The van der Waals surface area contributed by atoms with Gasteiger partial charge in [0.15, 0.2) is 0 Å². The molecule has 2 amide bonds. The fourth-order valence-electron chi connectivity index (χ4n) is 2.87. The number of benzene rings is 1. The van der Waals surface area contributed by atoms with Gasteiger partial charge in [0.05, 0.1) is 0 Å². The molecule has 1 N–H and O–H groups in total. The number of urea groups is 1. The number of likely N-dealkylation sites (tertiary alicyclic amines) is 1. The Balaban J connectivity index is 1.56. The van der Waals surface area contributed by atoms with E-state index in [0.29, 0.717) is 30.6 Å². The van der Waals surface area contributed by atoms with Crippen molar-refractivity contribution in [3.63, 3.8) is 0 Å². The molecule has 0 unspecified atom stereocenters. The van der Waals surface area contributed by atoms with Crippen LogP contribution in [0.2, 0.25) is 0 Å². The summed E-state index contributed by atoms with van der Waals surface area (Å²) in [6.45, 7) is 3.14. The molecule has 120 valence electrons. The normalized spacial score (nSPS) is 15.5. The summed E-state index contributed by atoms with van der Waals surface area (Å²) in [6.07, 6.45) is 3.38. The fourth-order valence-corrected chi connectivity index (χ4v) is 2.87. The van der Waals surface area contributed by atoms with Crippen LogP contribution in [0.15, 0.2) is 36.5 Å². The summed E-state index contributed by atoms with van der Waals surface area (Å²) < 4.78 is 13.0. The molecule has 0 atom stereocenters. The second kappa shape index (κ2) is 6.73. The number of piperidine rings is 1. The van der Waals surface area contributed by atoms with Crippen LogP contribution in [0.4, 0.5) is 15.0 Å². The molecule has 5 nitrogen and oxygen atoms in total. The van der Waals surface area contributed by atoms with Crippen LogP contribution in [0.3, 0.4) is 0 Å². The van der Waals surface area contributed by atoms with Crippen LogP contribution in [0.5, 0.6) is 0 Å². The lowest BCUT2D eigenvalue weighted by molar-refractivity contribution is 0.194. The summed E-state index contributed by atoms with van der Waals surface area (Å²) >= 11 is 0. The van der Waals surface area contributed by atoms with Crippen molar-refractivity contribution in [3.8, 4) is 0 Å². The van der Waals surface area contributed by atoms with Crippen molar-refractivity contribution in [2.45, 2.75) is 25.7 Å². The van der Waals surface area contributed by atoms with Gasteiger partial charge >= 0.3 is 6.03 Å². The summed E-state index contributed by atoms with van der Waals surface area (Å²) in [4.78, 5) is 22.2. The largest absolute Gasteiger partial charge is 0.324 e. The molecule has 3 rings (SSSR count). The number of nitrogens with zero attached hydrogens (tertiary/aromatic N) is 3. The summed E-state index contributed by atoms with van der Waals surface area (Å²) in [5.74, 6) is 1.30. The molecule has 2 heterocycles. The Morgan fingerprint density at radius 1 is 1.22 bits per heavy atom. The molecule has 1 aliphatic rings. The molecule has 0 aliphatic carbocycles. The average molecular weight is 314 g/mol. The number of anilines is 1. The third-order valence-corrected chi connectivity index (χ3v) is 4.13. The Labute approximate surface area is 134 Å². The maximum Gasteiger partial charge on any atom is 0.323 e. The van der Waals surface area contributed by atoms with Crippen LogP contribution >= 0.6 is 0 Å². The number of hydrogen-bond acceptors (Lipinski definition) is 3. The zero-order valence-corrected chi connectivity index (χ0v) is 13.0. The van der Waals surface area contributed by atoms with E-state index in [2.05, 4.69) is 15.3 Å². The summed E-state index contributed by atoms with van der Waals surface area (Å²) in [5, 5.41) is 2.80. The van der Waals surface area contributed by atoms with Crippen molar-refractivity contribution in [1.82, 2.24) is 14.9 Å². The smallest absolute Gasteiger partial charge is 0.323 e. The molecule has 1 aromatic heterocycles. The minimum atomic E-state index is -0.217. The Morgan fingerprint density at radius 3 is 2.57 bits per heavy atom. The number of carbonyl (C=O) groups is 1. The molecule has 2 aromatic rings. The van der Waals surface area contributed by atoms with Gasteiger partial charge in [-0.3, -0.25) is 5.32 Å². The fraction of sp³-hybridized carbons (Fsp3) is 0.353. The van der Waals surface area contributed by atoms with E-state index in [0.717, 1.165) is 18.4 Å². The van der Waals surface area contributed by atoms with Gasteiger partial charge in [0.25, 0.3) is 0 Å². The Hall–Kier alpha value is -2.50. The van der Waals surface area contributed by atoms with E-state index in [1.165, 1.54) is 12.1 Å². The van der Waals surface area contributed by atoms with Gasteiger partial charge in [-0.25, -0.2) is 19.2 Å². The van der Waals surface area contributed by atoms with Gasteiger partial charge < -0.3 is 4.90 Å². The highest BCUT2D eigenvalue weighted by molar-refractivity contribution is 5.88. The van der Waals surface area contributed by atoms with Crippen molar-refractivity contribution < 1.29 is 9.18 Å². The number of halogens is 1. The number of aryl methyl sites for hydroxylation is 1.